The van der Waals surface area contributed by atoms with Gasteiger partial charge < -0.3 is 29.2 Å². The zero-order valence-corrected chi connectivity index (χ0v) is 23.2. The van der Waals surface area contributed by atoms with Crippen LogP contribution in [-0.2, 0) is 38.1 Å². The molecule has 0 unspecified atom stereocenters. The predicted octanol–water partition coefficient (Wildman–Crippen LogP) is 2.08. The normalized spacial score (nSPS) is 44.8. The first-order chi connectivity index (χ1) is 17.5. The van der Waals surface area contributed by atoms with Crippen LogP contribution in [0.1, 0.15) is 67.7 Å². The van der Waals surface area contributed by atoms with Crippen LogP contribution >= 0.6 is 0 Å². The van der Waals surface area contributed by atoms with Crippen LogP contribution < -0.4 is 0 Å². The molecule has 212 valence electrons. The van der Waals surface area contributed by atoms with Gasteiger partial charge in [-0.1, -0.05) is 27.4 Å². The van der Waals surface area contributed by atoms with E-state index in [-0.39, 0.29) is 12.3 Å². The van der Waals surface area contributed by atoms with E-state index in [0.717, 1.165) is 0 Å². The molecule has 4 aliphatic rings. The van der Waals surface area contributed by atoms with Crippen molar-refractivity contribution in [2.75, 3.05) is 0 Å². The number of aliphatic hydroxyl groups excluding tert-OH is 2. The Bertz CT molecular complexity index is 1050. The van der Waals surface area contributed by atoms with Crippen molar-refractivity contribution >= 4 is 23.9 Å². The van der Waals surface area contributed by atoms with Gasteiger partial charge in [-0.3, -0.25) is 19.2 Å². The molecule has 0 aromatic heterocycles. The molecule has 4 aliphatic carbocycles. The molecule has 2 bridgehead atoms. The molecule has 0 amide bonds. The van der Waals surface area contributed by atoms with Gasteiger partial charge >= 0.3 is 23.9 Å². The number of fused-ring (bicyclic) bond motifs is 3. The second kappa shape index (κ2) is 9.33. The van der Waals surface area contributed by atoms with Gasteiger partial charge in [0.05, 0.1) is 17.6 Å². The fraction of sp³-hybridized carbons (Fsp3) is 0.786. The third kappa shape index (κ3) is 3.97. The van der Waals surface area contributed by atoms with Gasteiger partial charge in [0.2, 0.25) is 0 Å². The number of aliphatic hydroxyl groups is 2. The van der Waals surface area contributed by atoms with Gasteiger partial charge in [0, 0.05) is 51.4 Å². The van der Waals surface area contributed by atoms with E-state index in [0.29, 0.717) is 18.4 Å². The van der Waals surface area contributed by atoms with Gasteiger partial charge in [-0.25, -0.2) is 0 Å². The summed E-state index contributed by atoms with van der Waals surface area (Å²) in [6.45, 7) is 14.9. The van der Waals surface area contributed by atoms with Crippen LogP contribution in [0.25, 0.3) is 0 Å². The number of ether oxygens (including phenoxy) is 4. The summed E-state index contributed by atoms with van der Waals surface area (Å²) in [4.78, 5) is 49.6. The lowest BCUT2D eigenvalue weighted by molar-refractivity contribution is -0.324. The molecular weight excluding hydrogens is 496 g/mol. The van der Waals surface area contributed by atoms with Crippen LogP contribution in [0.5, 0.6) is 0 Å². The molecule has 4 fully saturated rings. The van der Waals surface area contributed by atoms with Gasteiger partial charge in [-0.2, -0.15) is 0 Å². The summed E-state index contributed by atoms with van der Waals surface area (Å²) in [5, 5.41) is 23.4. The van der Waals surface area contributed by atoms with E-state index in [1.807, 2.05) is 20.8 Å². The monoisotopic (exact) mass is 536 g/mol. The number of rotatable bonds is 4. The largest absolute Gasteiger partial charge is 0.462 e. The minimum atomic E-state index is -1.33. The van der Waals surface area contributed by atoms with Crippen molar-refractivity contribution in [2.45, 2.75) is 104 Å². The Morgan fingerprint density at radius 3 is 1.89 bits per heavy atom. The van der Waals surface area contributed by atoms with Crippen molar-refractivity contribution in [3.63, 3.8) is 0 Å². The second-order valence-electron chi connectivity index (χ2n) is 12.5. The van der Waals surface area contributed by atoms with Crippen molar-refractivity contribution in [1.29, 1.82) is 0 Å². The summed E-state index contributed by atoms with van der Waals surface area (Å²) in [5.41, 5.74) is -2.63. The molecule has 1 spiro atoms. The minimum Gasteiger partial charge on any atom is -0.462 e. The van der Waals surface area contributed by atoms with E-state index in [9.17, 15) is 29.4 Å². The van der Waals surface area contributed by atoms with Crippen LogP contribution in [-0.4, -0.2) is 70.7 Å². The number of hydrogen-bond acceptors (Lipinski definition) is 10. The van der Waals surface area contributed by atoms with E-state index in [1.165, 1.54) is 27.7 Å². The Hall–Kier alpha value is -2.46. The molecule has 4 saturated carbocycles. The highest BCUT2D eigenvalue weighted by Crippen LogP contribution is 2.73. The van der Waals surface area contributed by atoms with Crippen molar-refractivity contribution in [3.05, 3.63) is 12.2 Å². The van der Waals surface area contributed by atoms with E-state index < -0.39 is 88.6 Å². The topological polar surface area (TPSA) is 146 Å². The average molecular weight is 537 g/mol. The van der Waals surface area contributed by atoms with Crippen LogP contribution in [0.2, 0.25) is 0 Å². The van der Waals surface area contributed by atoms with Gasteiger partial charge in [-0.15, -0.1) is 0 Å². The molecule has 10 heteroatoms. The van der Waals surface area contributed by atoms with Crippen LogP contribution in [0, 0.1) is 34.0 Å². The number of carbonyl (C=O) groups excluding carboxylic acids is 4. The van der Waals surface area contributed by atoms with Crippen LogP contribution in [0.3, 0.4) is 0 Å². The molecule has 4 rings (SSSR count). The van der Waals surface area contributed by atoms with Gasteiger partial charge in [0.25, 0.3) is 0 Å². The van der Waals surface area contributed by atoms with Crippen molar-refractivity contribution < 1.29 is 48.3 Å². The Morgan fingerprint density at radius 2 is 1.37 bits per heavy atom. The highest BCUT2D eigenvalue weighted by atomic mass is 16.6. The van der Waals surface area contributed by atoms with Crippen molar-refractivity contribution in [1.82, 2.24) is 0 Å². The number of hydrogen-bond donors (Lipinski definition) is 2. The predicted molar refractivity (Wildman–Crippen MR) is 132 cm³/mol. The van der Waals surface area contributed by atoms with Crippen LogP contribution in [0.4, 0.5) is 0 Å². The first-order valence-corrected chi connectivity index (χ1v) is 13.2. The molecule has 0 radical (unpaired) electrons. The Balaban J connectivity index is 2.06. The van der Waals surface area contributed by atoms with E-state index in [2.05, 4.69) is 6.58 Å². The fourth-order valence-electron chi connectivity index (χ4n) is 9.01. The molecule has 38 heavy (non-hydrogen) atoms. The summed E-state index contributed by atoms with van der Waals surface area (Å²) in [6, 6.07) is 0. The zero-order valence-electron chi connectivity index (χ0n) is 23.2. The Morgan fingerprint density at radius 1 is 0.816 bits per heavy atom. The molecule has 0 heterocycles. The highest BCUT2D eigenvalue weighted by Gasteiger charge is 2.80. The molecule has 10 nitrogen and oxygen atoms in total. The molecule has 11 atom stereocenters. The Kier molecular flexibility index (Phi) is 7.01. The molecule has 2 N–H and O–H groups in total. The molecular formula is C28H40O10. The first-order valence-electron chi connectivity index (χ1n) is 13.2. The van der Waals surface area contributed by atoms with E-state index in [1.54, 1.807) is 0 Å². The maximum Gasteiger partial charge on any atom is 0.303 e. The van der Waals surface area contributed by atoms with Gasteiger partial charge in [-0.05, 0) is 29.7 Å². The molecule has 0 aromatic rings. The molecule has 0 aromatic carbocycles. The maximum absolute atomic E-state index is 12.5. The lowest BCUT2D eigenvalue weighted by atomic mass is 9.37. The number of esters is 4. The average Bonchev–Trinajstić information content (AvgIpc) is 2.96. The second-order valence-corrected chi connectivity index (χ2v) is 12.5. The number of carbonyl (C=O) groups is 4. The van der Waals surface area contributed by atoms with Gasteiger partial charge in [0.15, 0.2) is 0 Å². The van der Waals surface area contributed by atoms with Crippen molar-refractivity contribution in [3.8, 4) is 0 Å². The smallest absolute Gasteiger partial charge is 0.303 e. The maximum atomic E-state index is 12.5. The van der Waals surface area contributed by atoms with Crippen LogP contribution in [0.15, 0.2) is 12.2 Å². The summed E-state index contributed by atoms with van der Waals surface area (Å²) < 4.78 is 23.6. The summed E-state index contributed by atoms with van der Waals surface area (Å²) in [5.74, 6) is -3.97. The highest BCUT2D eigenvalue weighted by molar-refractivity contribution is 5.68. The Labute approximate surface area is 223 Å². The SMILES string of the molecule is C=C1[C@@H]2C[C@H](OC(C)=O)[C@H]3[C@]4(C)[C@@H](OC(C)=O)C[C@H](O)C(C)(C)[C@H]4[C@@H](O)[C@H](OC(C)=O)[C@]3(C2)[C@@H]1OC(C)=O. The summed E-state index contributed by atoms with van der Waals surface area (Å²) in [6.07, 6.45) is -5.19. The lowest BCUT2D eigenvalue weighted by Gasteiger charge is -2.70. The minimum absolute atomic E-state index is 0.0898. The third-order valence-electron chi connectivity index (χ3n) is 9.93. The van der Waals surface area contributed by atoms with Gasteiger partial charge in [0.1, 0.15) is 24.4 Å². The zero-order chi connectivity index (χ0) is 28.5. The molecule has 0 aliphatic heterocycles. The lowest BCUT2D eigenvalue weighted by Crippen LogP contribution is -2.77. The van der Waals surface area contributed by atoms with Crippen molar-refractivity contribution in [2.24, 2.45) is 34.0 Å². The summed E-state index contributed by atoms with van der Waals surface area (Å²) in [7, 11) is 0. The summed E-state index contributed by atoms with van der Waals surface area (Å²) >= 11 is 0. The van der Waals surface area contributed by atoms with E-state index >= 15 is 0 Å². The standard InChI is InChI=1S/C28H40O10/c1-12-17-9-18(35-13(2)29)22-27(8)20(36-14(3)30)10-19(33)26(6,7)23(27)21(34)25(38-16(5)32)28(22,11-17)24(12)37-15(4)31/h17-25,33-34H,1,9-11H2,2-8H3/t17-,18+,19+,20+,21-,22+,23-,24-,25+,27+,28+/m1/s1. The first kappa shape index (κ1) is 28.5. The molecule has 0 saturated heterocycles. The fourth-order valence-corrected chi connectivity index (χ4v) is 9.01. The quantitative estimate of drug-likeness (QED) is 0.311. The third-order valence-corrected chi connectivity index (χ3v) is 9.93. The van der Waals surface area contributed by atoms with E-state index in [4.69, 9.17) is 18.9 Å².